The molecule has 2 N–H and O–H groups in total. The average molecular weight is 333 g/mol. The standard InChI is InChI=1S/C17H20FN3O3/c1-4-9-17(3,16(23)24)20-15(22)14-10-19-21(11(14)2)13-7-5-12(18)6-8-13/h5-8,10H,4,9H2,1-3H3,(H,20,22)(H,23,24). The zero-order valence-electron chi connectivity index (χ0n) is 13.8. The summed E-state index contributed by atoms with van der Waals surface area (Å²) >= 11 is 0. The summed E-state index contributed by atoms with van der Waals surface area (Å²) in [5, 5.41) is 16.1. The number of carboxylic acids is 1. The van der Waals surface area contributed by atoms with Crippen LogP contribution in [-0.4, -0.2) is 32.3 Å². The van der Waals surface area contributed by atoms with Crippen molar-refractivity contribution < 1.29 is 19.1 Å². The summed E-state index contributed by atoms with van der Waals surface area (Å²) in [6.45, 7) is 5.03. The number of aromatic nitrogens is 2. The molecule has 0 saturated carbocycles. The Kier molecular flexibility index (Phi) is 5.02. The maximum atomic E-state index is 13.0. The molecule has 0 aliphatic rings. The first-order chi connectivity index (χ1) is 11.3. The Morgan fingerprint density at radius 3 is 2.50 bits per heavy atom. The van der Waals surface area contributed by atoms with Crippen molar-refractivity contribution >= 4 is 11.9 Å². The zero-order valence-corrected chi connectivity index (χ0v) is 13.8. The van der Waals surface area contributed by atoms with E-state index in [2.05, 4.69) is 10.4 Å². The smallest absolute Gasteiger partial charge is 0.329 e. The number of carbonyl (C=O) groups is 2. The average Bonchev–Trinajstić information content (AvgIpc) is 2.90. The second-order valence-electron chi connectivity index (χ2n) is 5.87. The lowest BCUT2D eigenvalue weighted by Crippen LogP contribution is -2.52. The van der Waals surface area contributed by atoms with Gasteiger partial charge in [0.05, 0.1) is 23.1 Å². The van der Waals surface area contributed by atoms with Crippen LogP contribution in [0.5, 0.6) is 0 Å². The Labute approximate surface area is 139 Å². The third kappa shape index (κ3) is 3.45. The summed E-state index contributed by atoms with van der Waals surface area (Å²) < 4.78 is 14.5. The Morgan fingerprint density at radius 2 is 1.96 bits per heavy atom. The van der Waals surface area contributed by atoms with Crippen molar-refractivity contribution in [3.63, 3.8) is 0 Å². The third-order valence-corrected chi connectivity index (χ3v) is 3.94. The van der Waals surface area contributed by atoms with E-state index in [1.54, 1.807) is 19.1 Å². The molecule has 24 heavy (non-hydrogen) atoms. The van der Waals surface area contributed by atoms with Gasteiger partial charge in [-0.15, -0.1) is 0 Å². The summed E-state index contributed by atoms with van der Waals surface area (Å²) in [6, 6.07) is 5.71. The first-order valence-corrected chi connectivity index (χ1v) is 7.65. The minimum Gasteiger partial charge on any atom is -0.480 e. The molecule has 0 spiro atoms. The zero-order chi connectivity index (χ0) is 17.9. The van der Waals surface area contributed by atoms with Crippen LogP contribution in [0.1, 0.15) is 42.7 Å². The van der Waals surface area contributed by atoms with Gasteiger partial charge < -0.3 is 10.4 Å². The van der Waals surface area contributed by atoms with Crippen molar-refractivity contribution in [2.45, 2.75) is 39.2 Å². The first kappa shape index (κ1) is 17.7. The van der Waals surface area contributed by atoms with Gasteiger partial charge in [0.15, 0.2) is 0 Å². The summed E-state index contributed by atoms with van der Waals surface area (Å²) in [4.78, 5) is 23.9. The van der Waals surface area contributed by atoms with E-state index in [9.17, 15) is 19.1 Å². The Bertz CT molecular complexity index is 755. The van der Waals surface area contributed by atoms with E-state index in [-0.39, 0.29) is 11.4 Å². The normalized spacial score (nSPS) is 13.3. The van der Waals surface area contributed by atoms with Crippen molar-refractivity contribution in [3.05, 3.63) is 47.5 Å². The van der Waals surface area contributed by atoms with Gasteiger partial charge in [0.1, 0.15) is 11.4 Å². The highest BCUT2D eigenvalue weighted by Gasteiger charge is 2.34. The predicted molar refractivity (Wildman–Crippen MR) is 86.7 cm³/mol. The molecule has 6 nitrogen and oxygen atoms in total. The summed E-state index contributed by atoms with van der Waals surface area (Å²) in [5.41, 5.74) is 0.102. The molecule has 1 atom stereocenters. The number of hydrogen-bond donors (Lipinski definition) is 2. The van der Waals surface area contributed by atoms with Crippen LogP contribution in [0, 0.1) is 12.7 Å². The molecule has 7 heteroatoms. The summed E-state index contributed by atoms with van der Waals surface area (Å²) in [5.74, 6) is -1.95. The van der Waals surface area contributed by atoms with Gasteiger partial charge in [-0.05, 0) is 44.5 Å². The molecule has 1 unspecified atom stereocenters. The molecule has 0 fully saturated rings. The number of halogens is 1. The lowest BCUT2D eigenvalue weighted by Gasteiger charge is -2.25. The Balaban J connectivity index is 2.28. The number of benzene rings is 1. The Hall–Kier alpha value is -2.70. The van der Waals surface area contributed by atoms with E-state index in [0.717, 1.165) is 0 Å². The maximum absolute atomic E-state index is 13.0. The lowest BCUT2D eigenvalue weighted by molar-refractivity contribution is -0.144. The maximum Gasteiger partial charge on any atom is 0.329 e. The van der Waals surface area contributed by atoms with E-state index in [1.807, 2.05) is 6.92 Å². The van der Waals surface area contributed by atoms with Crippen LogP contribution in [0.2, 0.25) is 0 Å². The van der Waals surface area contributed by atoms with E-state index in [0.29, 0.717) is 24.2 Å². The highest BCUT2D eigenvalue weighted by atomic mass is 19.1. The second-order valence-corrected chi connectivity index (χ2v) is 5.87. The van der Waals surface area contributed by atoms with Gasteiger partial charge in [-0.25, -0.2) is 13.9 Å². The number of nitrogens with one attached hydrogen (secondary N) is 1. The largest absolute Gasteiger partial charge is 0.480 e. The van der Waals surface area contributed by atoms with E-state index in [1.165, 1.54) is 29.9 Å². The minimum atomic E-state index is -1.34. The Morgan fingerprint density at radius 1 is 1.33 bits per heavy atom. The SMILES string of the molecule is CCCC(C)(NC(=O)c1cnn(-c2ccc(F)cc2)c1C)C(=O)O. The lowest BCUT2D eigenvalue weighted by atomic mass is 9.96. The quantitative estimate of drug-likeness (QED) is 0.851. The predicted octanol–water partition coefficient (Wildman–Crippen LogP) is 2.69. The minimum absolute atomic E-state index is 0.280. The number of rotatable bonds is 6. The van der Waals surface area contributed by atoms with Gasteiger partial charge in [0, 0.05) is 0 Å². The van der Waals surface area contributed by atoms with Gasteiger partial charge >= 0.3 is 5.97 Å². The van der Waals surface area contributed by atoms with Crippen LogP contribution >= 0.6 is 0 Å². The van der Waals surface area contributed by atoms with Gasteiger partial charge in [0.25, 0.3) is 5.91 Å². The molecule has 0 radical (unpaired) electrons. The first-order valence-electron chi connectivity index (χ1n) is 7.65. The van der Waals surface area contributed by atoms with Crippen molar-refractivity contribution in [1.29, 1.82) is 0 Å². The van der Waals surface area contributed by atoms with Crippen LogP contribution in [0.3, 0.4) is 0 Å². The number of carboxylic acid groups (broad SMARTS) is 1. The molecule has 1 aromatic carbocycles. The fraction of sp³-hybridized carbons (Fsp3) is 0.353. The van der Waals surface area contributed by atoms with E-state index < -0.39 is 17.4 Å². The third-order valence-electron chi connectivity index (χ3n) is 3.94. The second kappa shape index (κ2) is 6.82. The molecule has 1 heterocycles. The van der Waals surface area contributed by atoms with E-state index >= 15 is 0 Å². The molecule has 0 bridgehead atoms. The number of hydrogen-bond acceptors (Lipinski definition) is 3. The van der Waals surface area contributed by atoms with Gasteiger partial charge in [-0.3, -0.25) is 4.79 Å². The van der Waals surface area contributed by atoms with Crippen molar-refractivity contribution in [1.82, 2.24) is 15.1 Å². The van der Waals surface area contributed by atoms with Crippen LogP contribution in [-0.2, 0) is 4.79 Å². The van der Waals surface area contributed by atoms with Crippen LogP contribution < -0.4 is 5.32 Å². The molecule has 0 saturated heterocycles. The van der Waals surface area contributed by atoms with Gasteiger partial charge in [-0.2, -0.15) is 5.10 Å². The van der Waals surface area contributed by atoms with Crippen LogP contribution in [0.15, 0.2) is 30.5 Å². The van der Waals surface area contributed by atoms with Gasteiger partial charge in [-0.1, -0.05) is 13.3 Å². The fourth-order valence-electron chi connectivity index (χ4n) is 2.52. The molecule has 0 aliphatic heterocycles. The molecule has 2 aromatic rings. The number of amides is 1. The molecule has 1 amide bonds. The van der Waals surface area contributed by atoms with E-state index in [4.69, 9.17) is 0 Å². The molecular weight excluding hydrogens is 313 g/mol. The monoisotopic (exact) mass is 333 g/mol. The molecule has 128 valence electrons. The van der Waals surface area contributed by atoms with Gasteiger partial charge in [0.2, 0.25) is 0 Å². The van der Waals surface area contributed by atoms with Crippen molar-refractivity contribution in [2.75, 3.05) is 0 Å². The highest BCUT2D eigenvalue weighted by Crippen LogP contribution is 2.18. The molecule has 2 rings (SSSR count). The number of aliphatic carboxylic acids is 1. The highest BCUT2D eigenvalue weighted by molar-refractivity contribution is 5.98. The molecular formula is C17H20FN3O3. The molecule has 0 aliphatic carbocycles. The molecule has 1 aromatic heterocycles. The topological polar surface area (TPSA) is 84.2 Å². The summed E-state index contributed by atoms with van der Waals surface area (Å²) in [7, 11) is 0. The van der Waals surface area contributed by atoms with Crippen molar-refractivity contribution in [3.8, 4) is 5.69 Å². The number of carbonyl (C=O) groups excluding carboxylic acids is 1. The van der Waals surface area contributed by atoms with Crippen LogP contribution in [0.4, 0.5) is 4.39 Å². The number of nitrogens with zero attached hydrogens (tertiary/aromatic N) is 2. The van der Waals surface area contributed by atoms with Crippen molar-refractivity contribution in [2.24, 2.45) is 0 Å². The fourth-order valence-corrected chi connectivity index (χ4v) is 2.52. The summed E-state index contributed by atoms with van der Waals surface area (Å²) in [6.07, 6.45) is 2.32. The van der Waals surface area contributed by atoms with Crippen LogP contribution in [0.25, 0.3) is 5.69 Å².